The molecule has 17 atom stereocenters. The van der Waals surface area contributed by atoms with Crippen molar-refractivity contribution in [3.8, 4) is 0 Å². The number of nitrogens with one attached hydrogen (secondary N) is 1. The molecule has 94 heavy (non-hydrogen) atoms. The third-order valence-corrected chi connectivity index (χ3v) is 16.1. The lowest BCUT2D eigenvalue weighted by molar-refractivity contribution is -0.379. The zero-order chi connectivity index (χ0) is 68.2. The Kier molecular flexibility index (Phi) is 48.4. The Morgan fingerprint density at radius 3 is 1.19 bits per heavy atom. The van der Waals surface area contributed by atoms with Crippen molar-refractivity contribution >= 4 is 5.91 Å². The van der Waals surface area contributed by atoms with Crippen molar-refractivity contribution in [3.05, 3.63) is 158 Å². The first kappa shape index (κ1) is 83.6. The predicted octanol–water partition coefficient (Wildman–Crippen LogP) is 9.32. The van der Waals surface area contributed by atoms with Crippen molar-refractivity contribution in [2.75, 3.05) is 26.4 Å². The molecular formula is C75H119NO18. The molecule has 0 aromatic carbocycles. The van der Waals surface area contributed by atoms with Gasteiger partial charge in [0.2, 0.25) is 5.91 Å². The largest absolute Gasteiger partial charge is 0.394 e. The van der Waals surface area contributed by atoms with Crippen LogP contribution in [0.15, 0.2) is 158 Å². The zero-order valence-corrected chi connectivity index (χ0v) is 56.1. The van der Waals surface area contributed by atoms with Gasteiger partial charge in [-0.05, 0) is 116 Å². The summed E-state index contributed by atoms with van der Waals surface area (Å²) in [5.41, 5.74) is 0. The van der Waals surface area contributed by atoms with Crippen molar-refractivity contribution in [3.63, 3.8) is 0 Å². The molecule has 3 aliphatic rings. The van der Waals surface area contributed by atoms with Crippen LogP contribution in [0.25, 0.3) is 0 Å². The first-order chi connectivity index (χ1) is 45.8. The van der Waals surface area contributed by atoms with Gasteiger partial charge in [-0.2, -0.15) is 0 Å². The Bertz CT molecular complexity index is 2320. The molecule has 0 radical (unpaired) electrons. The van der Waals surface area contributed by atoms with Crippen LogP contribution in [0.2, 0.25) is 0 Å². The quantitative estimate of drug-likeness (QED) is 0.0199. The molecule has 17 unspecified atom stereocenters. The summed E-state index contributed by atoms with van der Waals surface area (Å²) >= 11 is 0. The van der Waals surface area contributed by atoms with Crippen LogP contribution in [0, 0.1) is 0 Å². The van der Waals surface area contributed by atoms with E-state index >= 15 is 0 Å². The lowest BCUT2D eigenvalue weighted by atomic mass is 9.96. The highest BCUT2D eigenvalue weighted by molar-refractivity contribution is 5.76. The van der Waals surface area contributed by atoms with Crippen LogP contribution in [-0.4, -0.2) is 193 Å². The van der Waals surface area contributed by atoms with Gasteiger partial charge in [-0.3, -0.25) is 4.79 Å². The van der Waals surface area contributed by atoms with Crippen molar-refractivity contribution in [2.45, 2.75) is 279 Å². The molecule has 3 fully saturated rings. The molecule has 19 nitrogen and oxygen atoms in total. The maximum Gasteiger partial charge on any atom is 0.220 e. The first-order valence-corrected chi connectivity index (χ1v) is 34.7. The second kappa shape index (κ2) is 54.4. The minimum absolute atomic E-state index is 0.201. The van der Waals surface area contributed by atoms with E-state index in [-0.39, 0.29) is 18.9 Å². The van der Waals surface area contributed by atoms with Gasteiger partial charge in [0, 0.05) is 6.42 Å². The van der Waals surface area contributed by atoms with Crippen molar-refractivity contribution < 1.29 is 89.4 Å². The molecule has 0 aromatic heterocycles. The van der Waals surface area contributed by atoms with Gasteiger partial charge in [-0.1, -0.05) is 210 Å². The Hall–Kier alpha value is -4.59. The lowest BCUT2D eigenvalue weighted by Crippen LogP contribution is -2.66. The molecule has 0 bridgehead atoms. The zero-order valence-electron chi connectivity index (χ0n) is 56.1. The van der Waals surface area contributed by atoms with Gasteiger partial charge in [0.05, 0.1) is 38.6 Å². The Morgan fingerprint density at radius 2 is 0.745 bits per heavy atom. The Labute approximate surface area is 561 Å². The Balaban J connectivity index is 1.35. The number of ether oxygens (including phenoxy) is 6. The average molecular weight is 1320 g/mol. The number of carbonyl (C=O) groups excluding carboxylic acids is 1. The van der Waals surface area contributed by atoms with Gasteiger partial charge >= 0.3 is 0 Å². The number of hydrogen-bond donors (Lipinski definition) is 12. The summed E-state index contributed by atoms with van der Waals surface area (Å²) in [6, 6.07) is -1.01. The standard InChI is InChI=1S/C75H119NO18/c1-3-5-7-9-11-13-15-16-17-18-19-20-21-22-23-24-25-26-27-28-29-30-31-32-33-34-35-36-37-38-39-40-41-42-43-45-47-49-51-53-63(81)76-58(59(80)52-50-48-46-44-14-12-10-8-6-4-2)57-89-73-69(87)66(84)71(61(55-78)91-73)94-75-70(88)67(85)72(62(56-79)92-75)93-74-68(86)65(83)64(82)60(54-77)90-74/h5,7,11,13-14,16-17,19-20,22-23,25-26,28-29,31-32,34-35,37-38,40-41,44,50,52,58-62,64-75,77-80,82-88H,3-4,6,8-10,12,15,18,21,24,27,30,33,36,39,42-43,45-49,51,53-57H2,1-2H3,(H,76,81)/b7-5-,13-11-,17-16-,20-19-,23-22-,26-25-,29-28-,32-31-,35-34-,38-37-,41-40-,44-14+,52-50+. The summed E-state index contributed by atoms with van der Waals surface area (Å²) in [6.45, 7) is 1.49. The normalized spacial score (nSPS) is 28.4. The van der Waals surface area contributed by atoms with Crippen molar-refractivity contribution in [1.82, 2.24) is 5.32 Å². The van der Waals surface area contributed by atoms with Gasteiger partial charge in [0.1, 0.15) is 73.2 Å². The van der Waals surface area contributed by atoms with E-state index in [1.165, 1.54) is 19.3 Å². The highest BCUT2D eigenvalue weighted by Gasteiger charge is 2.53. The Morgan fingerprint density at radius 1 is 0.394 bits per heavy atom. The van der Waals surface area contributed by atoms with Crippen molar-refractivity contribution in [1.29, 1.82) is 0 Å². The number of carbonyl (C=O) groups is 1. The van der Waals surface area contributed by atoms with E-state index in [1.54, 1.807) is 6.08 Å². The highest BCUT2D eigenvalue weighted by Crippen LogP contribution is 2.33. The fraction of sp³-hybridized carbons (Fsp3) is 0.640. The summed E-state index contributed by atoms with van der Waals surface area (Å²) in [7, 11) is 0. The topological polar surface area (TPSA) is 307 Å². The summed E-state index contributed by atoms with van der Waals surface area (Å²) < 4.78 is 34.2. The van der Waals surface area contributed by atoms with Gasteiger partial charge in [0.25, 0.3) is 0 Å². The second-order valence-electron chi connectivity index (χ2n) is 23.9. The van der Waals surface area contributed by atoms with E-state index in [4.69, 9.17) is 28.4 Å². The van der Waals surface area contributed by atoms with Crippen LogP contribution in [0.5, 0.6) is 0 Å². The number of unbranched alkanes of at least 4 members (excludes halogenated alkanes) is 10. The van der Waals surface area contributed by atoms with Crippen LogP contribution in [0.1, 0.15) is 174 Å². The number of aliphatic hydroxyl groups excluding tert-OH is 11. The minimum Gasteiger partial charge on any atom is -0.394 e. The number of amides is 1. The minimum atomic E-state index is -1.99. The van der Waals surface area contributed by atoms with E-state index in [9.17, 15) is 61.0 Å². The molecule has 0 aliphatic carbocycles. The van der Waals surface area contributed by atoms with Gasteiger partial charge in [0.15, 0.2) is 18.9 Å². The maximum absolute atomic E-state index is 13.3. The fourth-order valence-electron chi connectivity index (χ4n) is 10.4. The lowest BCUT2D eigenvalue weighted by Gasteiger charge is -2.48. The van der Waals surface area contributed by atoms with E-state index in [0.29, 0.717) is 12.8 Å². The molecular weight excluding hydrogens is 1200 g/mol. The van der Waals surface area contributed by atoms with E-state index in [0.717, 1.165) is 122 Å². The summed E-state index contributed by atoms with van der Waals surface area (Å²) in [4.78, 5) is 13.3. The van der Waals surface area contributed by atoms with Gasteiger partial charge in [-0.15, -0.1) is 0 Å². The predicted molar refractivity (Wildman–Crippen MR) is 369 cm³/mol. The molecule has 3 saturated heterocycles. The van der Waals surface area contributed by atoms with Crippen LogP contribution in [-0.2, 0) is 33.2 Å². The number of hydrogen-bond acceptors (Lipinski definition) is 18. The molecule has 532 valence electrons. The molecule has 3 rings (SSSR count). The summed E-state index contributed by atoms with van der Waals surface area (Å²) in [5.74, 6) is -0.315. The molecule has 3 heterocycles. The number of allylic oxidation sites excluding steroid dienone is 25. The number of aliphatic hydroxyl groups is 11. The summed E-state index contributed by atoms with van der Waals surface area (Å²) in [6.07, 6.45) is 52.5. The molecule has 0 spiro atoms. The smallest absolute Gasteiger partial charge is 0.220 e. The van der Waals surface area contributed by atoms with E-state index in [1.807, 2.05) is 6.08 Å². The van der Waals surface area contributed by atoms with Crippen LogP contribution < -0.4 is 5.32 Å². The van der Waals surface area contributed by atoms with Crippen LogP contribution in [0.4, 0.5) is 0 Å². The maximum atomic E-state index is 13.3. The van der Waals surface area contributed by atoms with Crippen molar-refractivity contribution in [2.24, 2.45) is 0 Å². The molecule has 1 amide bonds. The van der Waals surface area contributed by atoms with E-state index < -0.39 is 124 Å². The van der Waals surface area contributed by atoms with E-state index in [2.05, 4.69) is 165 Å². The van der Waals surface area contributed by atoms with Crippen LogP contribution in [0.3, 0.4) is 0 Å². The third-order valence-electron chi connectivity index (χ3n) is 16.1. The average Bonchev–Trinajstić information content (AvgIpc) is 0.788. The molecule has 12 N–H and O–H groups in total. The van der Waals surface area contributed by atoms with Crippen LogP contribution >= 0.6 is 0 Å². The highest BCUT2D eigenvalue weighted by atomic mass is 16.8. The summed E-state index contributed by atoms with van der Waals surface area (Å²) in [5, 5.41) is 120. The monoisotopic (exact) mass is 1320 g/mol. The molecule has 3 aliphatic heterocycles. The van der Waals surface area contributed by atoms with Gasteiger partial charge < -0.3 is 89.9 Å². The van der Waals surface area contributed by atoms with Gasteiger partial charge in [-0.25, -0.2) is 0 Å². The SMILES string of the molecule is CC/C=C\C/C=C\C/C=C\C/C=C\C/C=C\C/C=C\C/C=C\C/C=C\C/C=C\C/C=C\C/C=C\CCCCCCCC(=O)NC(COC1OC(CO)C(OC2OC(CO)C(OC3OC(CO)C(O)C(O)C3O)C(O)C2O)C(O)C1O)C(O)/C=C/CC/C=C/CCCCCC. The third kappa shape index (κ3) is 35.6. The molecule has 19 heteroatoms. The fourth-order valence-corrected chi connectivity index (χ4v) is 10.4. The number of rotatable bonds is 50. The molecule has 0 saturated carbocycles. The first-order valence-electron chi connectivity index (χ1n) is 34.7. The molecule has 0 aromatic rings. The second-order valence-corrected chi connectivity index (χ2v) is 23.9.